The molecule has 0 unspecified atom stereocenters. The van der Waals surface area contributed by atoms with E-state index < -0.39 is 17.5 Å². The van der Waals surface area contributed by atoms with Crippen molar-refractivity contribution in [3.8, 4) is 16.9 Å². The molecule has 1 aliphatic rings. The second-order valence-corrected chi connectivity index (χ2v) is 10.5. The first-order chi connectivity index (χ1) is 16.6. The number of ketones is 1. The molecule has 2 heterocycles. The summed E-state index contributed by atoms with van der Waals surface area (Å²) < 4.78 is 27.5. The van der Waals surface area contributed by atoms with Gasteiger partial charge in [-0.25, -0.2) is 4.39 Å². The van der Waals surface area contributed by atoms with E-state index in [4.69, 9.17) is 26.1 Å². The van der Waals surface area contributed by atoms with E-state index >= 15 is 4.39 Å². The molecule has 0 saturated heterocycles. The number of nitrogens with zero attached hydrogens (tertiary/aromatic N) is 1. The lowest BCUT2D eigenvalue weighted by Crippen LogP contribution is -2.27. The van der Waals surface area contributed by atoms with Crippen LogP contribution in [-0.4, -0.2) is 23.0 Å². The number of aryl methyl sites for hydroxylation is 1. The third-order valence-electron chi connectivity index (χ3n) is 6.40. The Labute approximate surface area is 209 Å². The molecule has 35 heavy (non-hydrogen) atoms. The first-order valence-electron chi connectivity index (χ1n) is 11.7. The Kier molecular flexibility index (Phi) is 5.81. The van der Waals surface area contributed by atoms with Crippen molar-refractivity contribution in [2.45, 2.75) is 52.7 Å². The van der Waals surface area contributed by atoms with Gasteiger partial charge in [-0.05, 0) is 92.6 Å². The van der Waals surface area contributed by atoms with Crippen LogP contribution in [0.5, 0.6) is 5.75 Å². The van der Waals surface area contributed by atoms with Gasteiger partial charge in [-0.2, -0.15) is 0 Å². The first-order valence-corrected chi connectivity index (χ1v) is 12.1. The van der Waals surface area contributed by atoms with Crippen molar-refractivity contribution in [3.63, 3.8) is 0 Å². The van der Waals surface area contributed by atoms with E-state index in [1.54, 1.807) is 24.4 Å². The van der Waals surface area contributed by atoms with Gasteiger partial charge in [0.2, 0.25) is 0 Å². The molecule has 0 radical (unpaired) electrons. The summed E-state index contributed by atoms with van der Waals surface area (Å²) in [6.45, 7) is 9.76. The summed E-state index contributed by atoms with van der Waals surface area (Å²) >= 11 is 6.16. The summed E-state index contributed by atoms with van der Waals surface area (Å²) in [6.07, 6.45) is 1.74. The van der Waals surface area contributed by atoms with Gasteiger partial charge in [-0.1, -0.05) is 17.7 Å². The highest BCUT2D eigenvalue weighted by molar-refractivity contribution is 6.31. The van der Waals surface area contributed by atoms with Crippen molar-refractivity contribution < 1.29 is 18.7 Å². The molecular formula is C29H27ClFNO3. The van der Waals surface area contributed by atoms with Gasteiger partial charge < -0.3 is 9.47 Å². The van der Waals surface area contributed by atoms with Crippen molar-refractivity contribution in [1.82, 2.24) is 4.98 Å². The molecule has 1 atom stereocenters. The highest BCUT2D eigenvalue weighted by Crippen LogP contribution is 2.46. The molecule has 4 nitrogen and oxygen atoms in total. The van der Waals surface area contributed by atoms with E-state index in [1.807, 2.05) is 45.9 Å². The number of hydrogen-bond donors (Lipinski definition) is 0. The van der Waals surface area contributed by atoms with Crippen molar-refractivity contribution >= 4 is 39.1 Å². The van der Waals surface area contributed by atoms with E-state index in [2.05, 4.69) is 0 Å². The number of rotatable bonds is 4. The van der Waals surface area contributed by atoms with Crippen LogP contribution in [-0.2, 0) is 16.0 Å². The summed E-state index contributed by atoms with van der Waals surface area (Å²) in [6, 6.07) is 11.0. The molecule has 3 aromatic carbocycles. The second-order valence-electron chi connectivity index (χ2n) is 10.1. The summed E-state index contributed by atoms with van der Waals surface area (Å²) in [4.78, 5) is 17.7. The summed E-state index contributed by atoms with van der Waals surface area (Å²) in [7, 11) is 0. The van der Waals surface area contributed by atoms with E-state index in [0.29, 0.717) is 22.9 Å². The Bertz CT molecular complexity index is 1500. The van der Waals surface area contributed by atoms with Crippen LogP contribution in [0.4, 0.5) is 4.39 Å². The number of aromatic nitrogens is 1. The van der Waals surface area contributed by atoms with Crippen LogP contribution in [0.1, 0.15) is 50.5 Å². The number of fused-ring (bicyclic) bond motifs is 1. The maximum atomic E-state index is 15.3. The Hall–Kier alpha value is -3.02. The lowest BCUT2D eigenvalue weighted by atomic mass is 9.84. The van der Waals surface area contributed by atoms with E-state index in [0.717, 1.165) is 45.3 Å². The second kappa shape index (κ2) is 8.58. The van der Waals surface area contributed by atoms with Gasteiger partial charge >= 0.3 is 0 Å². The highest BCUT2D eigenvalue weighted by atomic mass is 35.5. The quantitative estimate of drug-likeness (QED) is 0.296. The molecule has 6 heteroatoms. The van der Waals surface area contributed by atoms with Gasteiger partial charge in [0.25, 0.3) is 0 Å². The van der Waals surface area contributed by atoms with Crippen LogP contribution >= 0.6 is 11.6 Å². The summed E-state index contributed by atoms with van der Waals surface area (Å²) in [5, 5.41) is 2.04. The van der Waals surface area contributed by atoms with Crippen molar-refractivity contribution in [1.29, 1.82) is 0 Å². The Morgan fingerprint density at radius 2 is 1.94 bits per heavy atom. The largest absolute Gasteiger partial charge is 0.493 e. The number of Topliss-reactive ketones (excluding diaryl/α,β-unsaturated/α-hetero) is 1. The number of ether oxygens (including phenoxy) is 2. The van der Waals surface area contributed by atoms with E-state index in [1.165, 1.54) is 6.92 Å². The fourth-order valence-corrected chi connectivity index (χ4v) is 5.16. The van der Waals surface area contributed by atoms with Gasteiger partial charge in [0.05, 0.1) is 22.7 Å². The summed E-state index contributed by atoms with van der Waals surface area (Å²) in [5.74, 6) is 0.159. The monoisotopic (exact) mass is 491 g/mol. The van der Waals surface area contributed by atoms with E-state index in [-0.39, 0.29) is 10.8 Å². The zero-order chi connectivity index (χ0) is 25.1. The number of hydrogen-bond acceptors (Lipinski definition) is 4. The molecule has 1 aliphatic heterocycles. The Balaban J connectivity index is 1.94. The predicted molar refractivity (Wildman–Crippen MR) is 138 cm³/mol. The van der Waals surface area contributed by atoms with Crippen LogP contribution in [0.2, 0.25) is 5.02 Å². The highest BCUT2D eigenvalue weighted by Gasteiger charge is 2.31. The van der Waals surface area contributed by atoms with Gasteiger partial charge in [0.15, 0.2) is 5.78 Å². The summed E-state index contributed by atoms with van der Waals surface area (Å²) in [5.41, 5.74) is 4.30. The zero-order valence-electron chi connectivity index (χ0n) is 20.5. The van der Waals surface area contributed by atoms with Crippen LogP contribution in [0, 0.1) is 12.7 Å². The third kappa shape index (κ3) is 4.07. The van der Waals surface area contributed by atoms with Crippen LogP contribution in [0.3, 0.4) is 0 Å². The fraction of sp³-hybridized carbons (Fsp3) is 0.310. The number of halogens is 2. The topological polar surface area (TPSA) is 48.4 Å². The number of pyridine rings is 1. The molecule has 180 valence electrons. The third-order valence-corrected chi connectivity index (χ3v) is 6.69. The van der Waals surface area contributed by atoms with Crippen molar-refractivity contribution in [2.75, 3.05) is 6.61 Å². The molecule has 5 rings (SSSR count). The first kappa shape index (κ1) is 23.7. The minimum absolute atomic E-state index is 0.0491. The van der Waals surface area contributed by atoms with Gasteiger partial charge in [0.1, 0.15) is 17.7 Å². The number of carbonyl (C=O) groups excluding carboxylic acids is 1. The average Bonchev–Trinajstić information content (AvgIpc) is 2.80. The fourth-order valence-electron chi connectivity index (χ4n) is 4.99. The molecule has 4 aromatic rings. The van der Waals surface area contributed by atoms with E-state index in [9.17, 15) is 4.79 Å². The lowest BCUT2D eigenvalue weighted by molar-refractivity contribution is -0.138. The van der Waals surface area contributed by atoms with Gasteiger partial charge in [-0.3, -0.25) is 9.78 Å². The Morgan fingerprint density at radius 1 is 1.17 bits per heavy atom. The molecule has 0 fully saturated rings. The SMILES string of the molecule is CC(=O)[C@@H](OC(C)(C)C)c1c(C)cc2c(F)c(Cl)ccc2c1-c1ccc2c3c(ccnc13)CCO2. The van der Waals surface area contributed by atoms with Crippen molar-refractivity contribution in [2.24, 2.45) is 0 Å². The van der Waals surface area contributed by atoms with Crippen LogP contribution in [0.15, 0.2) is 42.6 Å². The average molecular weight is 492 g/mol. The number of carbonyl (C=O) groups is 1. The lowest BCUT2D eigenvalue weighted by Gasteiger charge is -2.30. The molecule has 0 aliphatic carbocycles. The smallest absolute Gasteiger partial charge is 0.163 e. The molecule has 0 amide bonds. The molecule has 0 bridgehead atoms. The Morgan fingerprint density at radius 3 is 2.66 bits per heavy atom. The van der Waals surface area contributed by atoms with Crippen LogP contribution in [0.25, 0.3) is 32.8 Å². The minimum atomic E-state index is -0.838. The van der Waals surface area contributed by atoms with Crippen molar-refractivity contribution in [3.05, 3.63) is 70.1 Å². The molecular weight excluding hydrogens is 465 g/mol. The number of benzene rings is 3. The van der Waals surface area contributed by atoms with Crippen LogP contribution < -0.4 is 4.74 Å². The maximum Gasteiger partial charge on any atom is 0.163 e. The normalized spacial score (nSPS) is 14.3. The van der Waals surface area contributed by atoms with Gasteiger partial charge in [0, 0.05) is 29.0 Å². The zero-order valence-corrected chi connectivity index (χ0v) is 21.2. The van der Waals surface area contributed by atoms with Gasteiger partial charge in [-0.15, -0.1) is 0 Å². The molecule has 1 aromatic heterocycles. The standard InChI is InChI=1S/C29H27ClFNO3/c1-15-14-20-18(6-8-21(30)26(20)31)25(23(15)28(16(2)33)35-29(3,4)5)19-7-9-22-24-17(11-13-34-22)10-12-32-27(19)24/h6-10,12,14,28H,11,13H2,1-5H3/t28-/m1/s1. The molecule has 0 saturated carbocycles. The predicted octanol–water partition coefficient (Wildman–Crippen LogP) is 7.54. The maximum absolute atomic E-state index is 15.3. The molecule has 0 spiro atoms. The molecule has 0 N–H and O–H groups in total. The minimum Gasteiger partial charge on any atom is -0.493 e.